The van der Waals surface area contributed by atoms with Gasteiger partial charge in [0.15, 0.2) is 5.17 Å². The fraction of sp³-hybridized carbons (Fsp3) is 0.917. The van der Waals surface area contributed by atoms with Crippen LogP contribution in [0.4, 0.5) is 0 Å². The van der Waals surface area contributed by atoms with E-state index in [1.54, 1.807) is 0 Å². The van der Waals surface area contributed by atoms with Crippen LogP contribution in [0.25, 0.3) is 0 Å². The van der Waals surface area contributed by atoms with Crippen molar-refractivity contribution < 1.29 is 0 Å². The third-order valence-corrected chi connectivity index (χ3v) is 4.53. The number of nitrogens with one attached hydrogen (secondary N) is 1. The van der Waals surface area contributed by atoms with Crippen LogP contribution in [0.3, 0.4) is 0 Å². The van der Waals surface area contributed by atoms with Gasteiger partial charge in [0.1, 0.15) is 0 Å². The van der Waals surface area contributed by atoms with Crippen LogP contribution in [0.2, 0.25) is 0 Å². The number of aliphatic imine (C=N–C) groups is 1. The van der Waals surface area contributed by atoms with Gasteiger partial charge >= 0.3 is 0 Å². The Morgan fingerprint density at radius 1 is 1.40 bits per heavy atom. The molecule has 0 aromatic rings. The van der Waals surface area contributed by atoms with Gasteiger partial charge in [0.25, 0.3) is 0 Å². The summed E-state index contributed by atoms with van der Waals surface area (Å²) in [6.45, 7) is 3.25. The number of unbranched alkanes of at least 4 members (excludes halogenated alkanes) is 2. The number of fused-ring (bicyclic) bond motifs is 1. The zero-order valence-corrected chi connectivity index (χ0v) is 10.5. The molecule has 0 amide bonds. The summed E-state index contributed by atoms with van der Waals surface area (Å²) < 4.78 is 0. The van der Waals surface area contributed by atoms with Gasteiger partial charge in [0, 0.05) is 18.3 Å². The summed E-state index contributed by atoms with van der Waals surface area (Å²) in [4.78, 5) is 4.65. The number of nitrogens with zero attached hydrogens (tertiary/aromatic N) is 1. The maximum Gasteiger partial charge on any atom is 0.156 e. The maximum absolute atomic E-state index is 4.65. The average molecular weight is 226 g/mol. The summed E-state index contributed by atoms with van der Waals surface area (Å²) in [6.07, 6.45) is 8.04. The molecule has 1 heterocycles. The minimum absolute atomic E-state index is 0.746. The van der Waals surface area contributed by atoms with Crippen LogP contribution in [-0.2, 0) is 0 Å². The topological polar surface area (TPSA) is 24.4 Å². The molecule has 1 aliphatic heterocycles. The predicted molar refractivity (Wildman–Crippen MR) is 68.5 cm³/mol. The molecule has 1 aliphatic carbocycles. The van der Waals surface area contributed by atoms with E-state index in [1.165, 1.54) is 49.4 Å². The quantitative estimate of drug-likeness (QED) is 0.745. The highest BCUT2D eigenvalue weighted by Gasteiger charge is 2.31. The first-order valence-corrected chi connectivity index (χ1v) is 7.32. The molecule has 86 valence electrons. The Morgan fingerprint density at radius 2 is 2.33 bits per heavy atom. The highest BCUT2D eigenvalue weighted by molar-refractivity contribution is 8.13. The standard InChI is InChI=1S/C12H22N2S/c1-2-3-4-8-13-12-14-11-7-5-6-10(11)9-15-12/h10-11H,2-9H2,1H3,(H,13,14). The molecule has 1 saturated heterocycles. The van der Waals surface area contributed by atoms with Crippen LogP contribution in [0.5, 0.6) is 0 Å². The fourth-order valence-corrected chi connectivity index (χ4v) is 3.63. The Labute approximate surface area is 97.3 Å². The SMILES string of the molecule is CCCCCN=C1NC2CCCC2CS1. The van der Waals surface area contributed by atoms with Crippen molar-refractivity contribution in [1.82, 2.24) is 5.32 Å². The Bertz CT molecular complexity index is 228. The zero-order chi connectivity index (χ0) is 10.5. The lowest BCUT2D eigenvalue weighted by Gasteiger charge is -2.28. The van der Waals surface area contributed by atoms with Gasteiger partial charge in [-0.1, -0.05) is 37.9 Å². The van der Waals surface area contributed by atoms with Gasteiger partial charge in [-0.3, -0.25) is 4.99 Å². The largest absolute Gasteiger partial charge is 0.362 e. The molecule has 0 aromatic carbocycles. The first kappa shape index (κ1) is 11.3. The summed E-state index contributed by atoms with van der Waals surface area (Å²) in [7, 11) is 0. The Kier molecular flexibility index (Phi) is 4.36. The summed E-state index contributed by atoms with van der Waals surface area (Å²) >= 11 is 1.94. The number of thioether (sulfide) groups is 1. The summed E-state index contributed by atoms with van der Waals surface area (Å²) in [6, 6.07) is 0.746. The molecular formula is C12H22N2S. The number of hydrogen-bond donors (Lipinski definition) is 1. The molecule has 2 rings (SSSR count). The first-order valence-electron chi connectivity index (χ1n) is 6.34. The van der Waals surface area contributed by atoms with Gasteiger partial charge < -0.3 is 5.32 Å². The molecule has 2 atom stereocenters. The van der Waals surface area contributed by atoms with Crippen molar-refractivity contribution >= 4 is 16.9 Å². The van der Waals surface area contributed by atoms with Crippen molar-refractivity contribution in [2.75, 3.05) is 12.3 Å². The van der Waals surface area contributed by atoms with Crippen molar-refractivity contribution in [2.45, 2.75) is 51.5 Å². The van der Waals surface area contributed by atoms with Crippen LogP contribution >= 0.6 is 11.8 Å². The van der Waals surface area contributed by atoms with Gasteiger partial charge in [-0.25, -0.2) is 0 Å². The second-order valence-electron chi connectivity index (χ2n) is 4.65. The van der Waals surface area contributed by atoms with Crippen LogP contribution in [-0.4, -0.2) is 23.5 Å². The van der Waals surface area contributed by atoms with E-state index in [1.807, 2.05) is 11.8 Å². The molecule has 15 heavy (non-hydrogen) atoms. The van der Waals surface area contributed by atoms with Crippen molar-refractivity contribution in [3.05, 3.63) is 0 Å². The van der Waals surface area contributed by atoms with E-state index in [0.29, 0.717) is 0 Å². The molecule has 1 saturated carbocycles. The van der Waals surface area contributed by atoms with Gasteiger partial charge in [0.2, 0.25) is 0 Å². The smallest absolute Gasteiger partial charge is 0.156 e. The van der Waals surface area contributed by atoms with E-state index in [2.05, 4.69) is 17.2 Å². The number of amidine groups is 1. The second-order valence-corrected chi connectivity index (χ2v) is 5.66. The number of rotatable bonds is 4. The van der Waals surface area contributed by atoms with Crippen LogP contribution < -0.4 is 5.32 Å². The maximum atomic E-state index is 4.65. The van der Waals surface area contributed by atoms with Crippen LogP contribution in [0, 0.1) is 5.92 Å². The predicted octanol–water partition coefficient (Wildman–Crippen LogP) is 3.04. The molecule has 2 nitrogen and oxygen atoms in total. The lowest BCUT2D eigenvalue weighted by Crippen LogP contribution is -2.41. The van der Waals surface area contributed by atoms with Gasteiger partial charge in [0.05, 0.1) is 0 Å². The minimum Gasteiger partial charge on any atom is -0.362 e. The highest BCUT2D eigenvalue weighted by atomic mass is 32.2. The minimum atomic E-state index is 0.746. The average Bonchev–Trinajstić information content (AvgIpc) is 2.71. The van der Waals surface area contributed by atoms with Gasteiger partial charge in [-0.05, 0) is 25.2 Å². The van der Waals surface area contributed by atoms with E-state index in [-0.39, 0.29) is 0 Å². The van der Waals surface area contributed by atoms with Crippen molar-refractivity contribution in [3.8, 4) is 0 Å². The monoisotopic (exact) mass is 226 g/mol. The van der Waals surface area contributed by atoms with Gasteiger partial charge in [-0.15, -0.1) is 0 Å². The number of hydrogen-bond acceptors (Lipinski definition) is 2. The van der Waals surface area contributed by atoms with E-state index >= 15 is 0 Å². The summed E-state index contributed by atoms with van der Waals surface area (Å²) in [5, 5.41) is 4.82. The van der Waals surface area contributed by atoms with E-state index < -0.39 is 0 Å². The van der Waals surface area contributed by atoms with Crippen molar-refractivity contribution in [1.29, 1.82) is 0 Å². The Hall–Kier alpha value is -0.180. The lowest BCUT2D eigenvalue weighted by atomic mass is 10.1. The summed E-state index contributed by atoms with van der Waals surface area (Å²) in [5.74, 6) is 2.22. The highest BCUT2D eigenvalue weighted by Crippen LogP contribution is 2.32. The molecule has 1 N–H and O–H groups in total. The molecule has 0 aromatic heterocycles. The fourth-order valence-electron chi connectivity index (χ4n) is 2.45. The Balaban J connectivity index is 1.74. The third-order valence-electron chi connectivity index (χ3n) is 3.42. The zero-order valence-electron chi connectivity index (χ0n) is 9.67. The lowest BCUT2D eigenvalue weighted by molar-refractivity contribution is 0.489. The van der Waals surface area contributed by atoms with Crippen molar-refractivity contribution in [2.24, 2.45) is 10.9 Å². The third kappa shape index (κ3) is 3.13. The summed E-state index contributed by atoms with van der Waals surface area (Å²) in [5.41, 5.74) is 0. The van der Waals surface area contributed by atoms with E-state index in [4.69, 9.17) is 0 Å². The molecule has 0 radical (unpaired) electrons. The van der Waals surface area contributed by atoms with E-state index in [9.17, 15) is 0 Å². The Morgan fingerprint density at radius 3 is 3.20 bits per heavy atom. The van der Waals surface area contributed by atoms with Crippen molar-refractivity contribution in [3.63, 3.8) is 0 Å². The van der Waals surface area contributed by atoms with Crippen LogP contribution in [0.15, 0.2) is 4.99 Å². The molecule has 2 unspecified atom stereocenters. The van der Waals surface area contributed by atoms with Crippen LogP contribution in [0.1, 0.15) is 45.4 Å². The molecule has 3 heteroatoms. The van der Waals surface area contributed by atoms with E-state index in [0.717, 1.165) is 18.5 Å². The molecular weight excluding hydrogens is 204 g/mol. The first-order chi connectivity index (χ1) is 7.40. The molecule has 0 bridgehead atoms. The second kappa shape index (κ2) is 5.78. The molecule has 0 spiro atoms. The molecule has 2 aliphatic rings. The normalized spacial score (nSPS) is 32.7. The van der Waals surface area contributed by atoms with Gasteiger partial charge in [-0.2, -0.15) is 0 Å². The molecule has 2 fully saturated rings.